The Hall–Kier alpha value is -3.95. The number of likely N-dealkylation sites (N-methyl/N-ethyl adjacent to an activating group) is 1. The third-order valence-corrected chi connectivity index (χ3v) is 6.79. The molecule has 0 saturated carbocycles. The van der Waals surface area contributed by atoms with Crippen LogP contribution < -0.4 is 4.74 Å². The number of pyridine rings is 1. The maximum atomic E-state index is 6.28. The number of ether oxygens (including phenoxy) is 1. The summed E-state index contributed by atoms with van der Waals surface area (Å²) in [6, 6.07) is 31.5. The van der Waals surface area contributed by atoms with Crippen LogP contribution in [0.1, 0.15) is 5.56 Å². The van der Waals surface area contributed by atoms with E-state index in [-0.39, 0.29) is 33.1 Å². The number of para-hydroxylation sites is 1. The van der Waals surface area contributed by atoms with E-state index in [4.69, 9.17) is 9.73 Å². The van der Waals surface area contributed by atoms with Crippen molar-refractivity contribution in [3.8, 4) is 17.3 Å². The Kier molecular flexibility index (Phi) is 6.02. The second-order valence-electron chi connectivity index (χ2n) is 8.97. The minimum absolute atomic E-state index is 0. The van der Waals surface area contributed by atoms with Crippen LogP contribution in [0.4, 0.5) is 0 Å². The van der Waals surface area contributed by atoms with Crippen molar-refractivity contribution in [2.24, 2.45) is 4.99 Å². The molecule has 6 heteroatoms. The summed E-state index contributed by atoms with van der Waals surface area (Å²) >= 11 is 0. The summed E-state index contributed by atoms with van der Waals surface area (Å²) in [5.74, 6) is 3.01. The first kappa shape index (κ1) is 23.4. The fourth-order valence-electron chi connectivity index (χ4n) is 5.11. The van der Waals surface area contributed by atoms with Crippen LogP contribution >= 0.6 is 0 Å². The molecule has 3 aromatic carbocycles. The molecule has 3 heterocycles. The molecule has 2 unspecified atom stereocenters. The van der Waals surface area contributed by atoms with Crippen LogP contribution in [0, 0.1) is 12.1 Å². The quantitative estimate of drug-likeness (QED) is 0.218. The Balaban J connectivity index is 0.00000252. The predicted octanol–water partition coefficient (Wildman–Crippen LogP) is 6.12. The average molecular weight is 662 g/mol. The van der Waals surface area contributed by atoms with Crippen LogP contribution in [-0.4, -0.2) is 39.4 Å². The van der Waals surface area contributed by atoms with Crippen LogP contribution in [-0.2, 0) is 21.1 Å². The van der Waals surface area contributed by atoms with E-state index < -0.39 is 0 Å². The summed E-state index contributed by atoms with van der Waals surface area (Å²) in [5, 5.41) is 2.26. The van der Waals surface area contributed by atoms with Gasteiger partial charge in [0.05, 0.1) is 12.1 Å². The number of amidine groups is 1. The van der Waals surface area contributed by atoms with E-state index in [9.17, 15) is 0 Å². The Morgan fingerprint density at radius 2 is 1.65 bits per heavy atom. The van der Waals surface area contributed by atoms with Gasteiger partial charge in [-0.3, -0.25) is 0 Å². The number of rotatable bonds is 4. The molecule has 2 atom stereocenters. The molecule has 0 bridgehead atoms. The predicted molar refractivity (Wildman–Crippen MR) is 143 cm³/mol. The van der Waals surface area contributed by atoms with Gasteiger partial charge < -0.3 is 19.2 Å². The molecule has 184 valence electrons. The van der Waals surface area contributed by atoms with Gasteiger partial charge >= 0.3 is 0 Å². The molecule has 1 aliphatic carbocycles. The third kappa shape index (κ3) is 4.00. The third-order valence-electron chi connectivity index (χ3n) is 6.79. The summed E-state index contributed by atoms with van der Waals surface area (Å²) in [7, 11) is 2.08. The van der Waals surface area contributed by atoms with Crippen LogP contribution in [0.25, 0.3) is 27.6 Å². The molecular weight excluding hydrogens is 639 g/mol. The first-order valence-electron chi connectivity index (χ1n) is 12.0. The molecule has 2 aliphatic rings. The van der Waals surface area contributed by atoms with Gasteiger partial charge in [0.1, 0.15) is 5.82 Å². The number of hydrogen-bond donors (Lipinski definition) is 0. The molecular formula is C31H22N4OPt-2. The Labute approximate surface area is 229 Å². The fraction of sp³-hybridized carbons (Fsp3) is 0.0968. The minimum Gasteiger partial charge on any atom is -0.503 e. The van der Waals surface area contributed by atoms with E-state index in [1.807, 2.05) is 48.5 Å². The number of benzene rings is 3. The summed E-state index contributed by atoms with van der Waals surface area (Å²) in [6.07, 6.45) is 10.3. The SMILES string of the molecule is CN1C(c2[c-]c(Oc3[c-]c4c(cc3)c3ccccc3n4-c3ccccn3)ccc2)=NC2C=CC=CC21.[Pt]. The summed E-state index contributed by atoms with van der Waals surface area (Å²) in [5.41, 5.74) is 2.92. The van der Waals surface area contributed by atoms with E-state index in [1.165, 1.54) is 0 Å². The molecule has 0 saturated heterocycles. The second kappa shape index (κ2) is 9.49. The standard InChI is InChI=1S/C31H22N4O.Pt/c1-34-28-14-5-3-12-26(28)33-31(34)21-9-8-10-22(19-21)36-23-16-17-25-24-11-2-4-13-27(24)35(29(25)20-23)30-15-6-7-18-32-30;/h2-18,26,28H,1H3;/q-2;. The zero-order valence-corrected chi connectivity index (χ0v) is 22.3. The average Bonchev–Trinajstić information content (AvgIpc) is 3.44. The van der Waals surface area contributed by atoms with Crippen molar-refractivity contribution in [2.75, 3.05) is 7.05 Å². The Morgan fingerprint density at radius 1 is 0.811 bits per heavy atom. The summed E-state index contributed by atoms with van der Waals surface area (Å²) in [4.78, 5) is 11.7. The molecule has 0 N–H and O–H groups in total. The van der Waals surface area contributed by atoms with Crippen molar-refractivity contribution in [1.29, 1.82) is 0 Å². The van der Waals surface area contributed by atoms with Gasteiger partial charge in [-0.25, -0.2) is 4.98 Å². The second-order valence-corrected chi connectivity index (χ2v) is 8.97. The van der Waals surface area contributed by atoms with Gasteiger partial charge in [0, 0.05) is 50.1 Å². The monoisotopic (exact) mass is 661 g/mol. The smallest absolute Gasteiger partial charge is 0.135 e. The maximum absolute atomic E-state index is 6.28. The van der Waals surface area contributed by atoms with Crippen LogP contribution in [0.5, 0.6) is 11.5 Å². The van der Waals surface area contributed by atoms with Crippen molar-refractivity contribution < 1.29 is 25.8 Å². The van der Waals surface area contributed by atoms with E-state index >= 15 is 0 Å². The molecule has 5 aromatic rings. The van der Waals surface area contributed by atoms with Gasteiger partial charge in [-0.2, -0.15) is 6.07 Å². The Bertz CT molecular complexity index is 1700. The van der Waals surface area contributed by atoms with Crippen molar-refractivity contribution in [2.45, 2.75) is 12.1 Å². The molecule has 0 amide bonds. The van der Waals surface area contributed by atoms with E-state index in [0.717, 1.165) is 39.0 Å². The van der Waals surface area contributed by atoms with Gasteiger partial charge in [0.25, 0.3) is 0 Å². The first-order valence-corrected chi connectivity index (χ1v) is 12.0. The first-order chi connectivity index (χ1) is 17.8. The molecule has 2 aromatic heterocycles. The summed E-state index contributed by atoms with van der Waals surface area (Å²) in [6.45, 7) is 0. The van der Waals surface area contributed by atoms with Crippen molar-refractivity contribution in [3.05, 3.63) is 121 Å². The minimum atomic E-state index is 0. The van der Waals surface area contributed by atoms with Gasteiger partial charge in [-0.15, -0.1) is 41.3 Å². The van der Waals surface area contributed by atoms with Crippen molar-refractivity contribution >= 4 is 27.6 Å². The van der Waals surface area contributed by atoms with Crippen LogP contribution in [0.3, 0.4) is 0 Å². The number of fused-ring (bicyclic) bond motifs is 4. The topological polar surface area (TPSA) is 42.6 Å². The Morgan fingerprint density at radius 3 is 2.51 bits per heavy atom. The molecule has 0 spiro atoms. The largest absolute Gasteiger partial charge is 0.503 e. The van der Waals surface area contributed by atoms with Gasteiger partial charge in [0.2, 0.25) is 0 Å². The molecule has 0 radical (unpaired) electrons. The zero-order valence-electron chi connectivity index (χ0n) is 20.0. The van der Waals surface area contributed by atoms with Gasteiger partial charge in [-0.05, 0) is 30.6 Å². The normalized spacial score (nSPS) is 18.1. The van der Waals surface area contributed by atoms with Crippen molar-refractivity contribution in [3.63, 3.8) is 0 Å². The molecule has 0 fully saturated rings. The molecule has 1 aliphatic heterocycles. The molecule has 7 rings (SSSR count). The number of allylic oxidation sites excluding steroid dienone is 2. The number of aromatic nitrogens is 2. The molecule has 5 nitrogen and oxygen atoms in total. The maximum Gasteiger partial charge on any atom is 0.135 e. The van der Waals surface area contributed by atoms with Crippen molar-refractivity contribution in [1.82, 2.24) is 14.5 Å². The van der Waals surface area contributed by atoms with Gasteiger partial charge in [0.15, 0.2) is 0 Å². The summed E-state index contributed by atoms with van der Waals surface area (Å²) < 4.78 is 8.41. The van der Waals surface area contributed by atoms with Crippen LogP contribution in [0.2, 0.25) is 0 Å². The van der Waals surface area contributed by atoms with E-state index in [1.54, 1.807) is 6.20 Å². The van der Waals surface area contributed by atoms with E-state index in [0.29, 0.717) is 11.5 Å². The number of aliphatic imine (C=N–C) groups is 1. The van der Waals surface area contributed by atoms with Crippen LogP contribution in [0.15, 0.2) is 108 Å². The fourth-order valence-corrected chi connectivity index (χ4v) is 5.11. The van der Waals surface area contributed by atoms with Gasteiger partial charge in [-0.1, -0.05) is 60.2 Å². The molecule has 37 heavy (non-hydrogen) atoms. The van der Waals surface area contributed by atoms with E-state index in [2.05, 4.69) is 82.2 Å². The zero-order chi connectivity index (χ0) is 24.1. The number of hydrogen-bond acceptors (Lipinski definition) is 4. The number of nitrogens with zero attached hydrogens (tertiary/aromatic N) is 4.